The Hall–Kier alpha value is -2.17. The molecule has 1 aromatic carbocycles. The Morgan fingerprint density at radius 2 is 1.72 bits per heavy atom. The van der Waals surface area contributed by atoms with Crippen molar-refractivity contribution in [1.29, 1.82) is 0 Å². The van der Waals surface area contributed by atoms with Crippen LogP contribution in [0.1, 0.15) is 52.4 Å². The van der Waals surface area contributed by atoms with Gasteiger partial charge in [0.25, 0.3) is 5.56 Å². The van der Waals surface area contributed by atoms with E-state index in [0.717, 1.165) is 49.7 Å². The van der Waals surface area contributed by atoms with E-state index in [2.05, 4.69) is 13.8 Å². The highest BCUT2D eigenvalue weighted by Gasteiger charge is 2.16. The van der Waals surface area contributed by atoms with Gasteiger partial charge in [-0.3, -0.25) is 4.79 Å². The molecule has 2 rings (SSSR count). The first-order chi connectivity index (χ1) is 12.1. The van der Waals surface area contributed by atoms with E-state index >= 15 is 0 Å². The number of aryl methyl sites for hydroxylation is 1. The summed E-state index contributed by atoms with van der Waals surface area (Å²) in [6.45, 7) is 5.40. The van der Waals surface area contributed by atoms with Gasteiger partial charge in [0.15, 0.2) is 5.75 Å². The van der Waals surface area contributed by atoms with Gasteiger partial charge in [0.05, 0.1) is 18.7 Å². The second kappa shape index (κ2) is 9.35. The lowest BCUT2D eigenvalue weighted by Crippen LogP contribution is -2.18. The van der Waals surface area contributed by atoms with Crippen LogP contribution in [-0.4, -0.2) is 22.9 Å². The Balaban J connectivity index is 2.29. The molecule has 0 saturated heterocycles. The zero-order valence-electron chi connectivity index (χ0n) is 15.5. The molecule has 0 unspecified atom stereocenters. The lowest BCUT2D eigenvalue weighted by Gasteiger charge is -2.15. The van der Waals surface area contributed by atoms with Crippen LogP contribution in [0.5, 0.6) is 17.2 Å². The van der Waals surface area contributed by atoms with Crippen molar-refractivity contribution >= 4 is 10.9 Å². The molecule has 2 aromatic rings. The number of aromatic nitrogens is 1. The highest BCUT2D eigenvalue weighted by molar-refractivity contribution is 5.88. The monoisotopic (exact) mass is 347 g/mol. The minimum Gasteiger partial charge on any atom is -0.500 e. The van der Waals surface area contributed by atoms with Crippen molar-refractivity contribution in [2.75, 3.05) is 13.2 Å². The van der Waals surface area contributed by atoms with E-state index in [0.29, 0.717) is 18.7 Å². The lowest BCUT2D eigenvalue weighted by atomic mass is 10.1. The van der Waals surface area contributed by atoms with Gasteiger partial charge in [-0.1, -0.05) is 39.5 Å². The maximum Gasteiger partial charge on any atom is 0.296 e. The third-order valence-corrected chi connectivity index (χ3v) is 4.31. The predicted molar refractivity (Wildman–Crippen MR) is 101 cm³/mol. The van der Waals surface area contributed by atoms with Crippen LogP contribution in [0.2, 0.25) is 0 Å². The number of hydrogen-bond acceptors (Lipinski definition) is 4. The number of rotatable bonds is 10. The van der Waals surface area contributed by atoms with Gasteiger partial charge in [-0.25, -0.2) is 0 Å². The van der Waals surface area contributed by atoms with E-state index in [4.69, 9.17) is 9.47 Å². The number of benzene rings is 1. The van der Waals surface area contributed by atoms with Crippen molar-refractivity contribution in [3.8, 4) is 17.2 Å². The molecule has 0 atom stereocenters. The number of unbranched alkanes of at least 4 members (excludes halogenated alkanes) is 4. The molecule has 5 nitrogen and oxygen atoms in total. The van der Waals surface area contributed by atoms with E-state index < -0.39 is 5.56 Å². The van der Waals surface area contributed by atoms with Crippen LogP contribution in [0.4, 0.5) is 0 Å². The third kappa shape index (κ3) is 4.68. The van der Waals surface area contributed by atoms with Gasteiger partial charge in [0.2, 0.25) is 5.75 Å². The summed E-state index contributed by atoms with van der Waals surface area (Å²) >= 11 is 0. The minimum atomic E-state index is -0.457. The van der Waals surface area contributed by atoms with Crippen molar-refractivity contribution < 1.29 is 14.6 Å². The summed E-state index contributed by atoms with van der Waals surface area (Å²) in [5.74, 6) is 0.662. The van der Waals surface area contributed by atoms with Crippen LogP contribution in [0, 0.1) is 0 Å². The van der Waals surface area contributed by atoms with E-state index in [1.165, 1.54) is 4.57 Å². The quantitative estimate of drug-likeness (QED) is 0.648. The SMILES string of the molecule is CCCCCCOc1c(O)c(=O)n(C)c2cc(OCCCC)ccc12. The topological polar surface area (TPSA) is 60.7 Å². The van der Waals surface area contributed by atoms with Gasteiger partial charge >= 0.3 is 0 Å². The van der Waals surface area contributed by atoms with Gasteiger partial charge in [-0.2, -0.15) is 0 Å². The molecule has 0 aliphatic rings. The van der Waals surface area contributed by atoms with Gasteiger partial charge < -0.3 is 19.1 Å². The maximum absolute atomic E-state index is 12.3. The molecular weight excluding hydrogens is 318 g/mol. The van der Waals surface area contributed by atoms with Crippen LogP contribution in [0.15, 0.2) is 23.0 Å². The summed E-state index contributed by atoms with van der Waals surface area (Å²) in [5, 5.41) is 11.0. The largest absolute Gasteiger partial charge is 0.500 e. The molecule has 1 N–H and O–H groups in total. The first-order valence-corrected chi connectivity index (χ1v) is 9.21. The number of aromatic hydroxyl groups is 1. The van der Waals surface area contributed by atoms with Crippen molar-refractivity contribution in [3.05, 3.63) is 28.6 Å². The molecule has 0 spiro atoms. The molecule has 0 bridgehead atoms. The van der Waals surface area contributed by atoms with Crippen LogP contribution in [0.3, 0.4) is 0 Å². The third-order valence-electron chi connectivity index (χ3n) is 4.31. The number of pyridine rings is 1. The molecule has 0 aliphatic heterocycles. The summed E-state index contributed by atoms with van der Waals surface area (Å²) in [5.41, 5.74) is 0.238. The Labute approximate surface area is 149 Å². The number of fused-ring (bicyclic) bond motifs is 1. The molecule has 25 heavy (non-hydrogen) atoms. The Bertz CT molecular complexity index is 751. The summed E-state index contributed by atoms with van der Waals surface area (Å²) < 4.78 is 12.9. The summed E-state index contributed by atoms with van der Waals surface area (Å²) in [7, 11) is 1.64. The fourth-order valence-electron chi connectivity index (χ4n) is 2.75. The van der Waals surface area contributed by atoms with Crippen LogP contribution in [-0.2, 0) is 7.05 Å². The molecule has 138 valence electrons. The molecule has 1 heterocycles. The number of hydrogen-bond donors (Lipinski definition) is 1. The van der Waals surface area contributed by atoms with E-state index in [1.54, 1.807) is 7.05 Å². The van der Waals surface area contributed by atoms with E-state index in [-0.39, 0.29) is 11.5 Å². The summed E-state index contributed by atoms with van der Waals surface area (Å²) in [6.07, 6.45) is 6.35. The van der Waals surface area contributed by atoms with Crippen LogP contribution in [0.25, 0.3) is 10.9 Å². The lowest BCUT2D eigenvalue weighted by molar-refractivity contribution is 0.290. The number of ether oxygens (including phenoxy) is 2. The van der Waals surface area contributed by atoms with Crippen LogP contribution >= 0.6 is 0 Å². The highest BCUT2D eigenvalue weighted by Crippen LogP contribution is 2.33. The second-order valence-corrected chi connectivity index (χ2v) is 6.33. The standard InChI is InChI=1S/C20H29NO4/c1-4-6-8-9-13-25-19-16-11-10-15(24-12-7-5-2)14-17(16)21(3)20(23)18(19)22/h10-11,14,22H,4-9,12-13H2,1-3H3. The Kier molecular flexibility index (Phi) is 7.16. The summed E-state index contributed by atoms with van der Waals surface area (Å²) in [4.78, 5) is 12.3. The van der Waals surface area contributed by atoms with Crippen molar-refractivity contribution in [3.63, 3.8) is 0 Å². The fourth-order valence-corrected chi connectivity index (χ4v) is 2.75. The summed E-state index contributed by atoms with van der Waals surface area (Å²) in [6, 6.07) is 5.53. The first kappa shape index (κ1) is 19.2. The normalized spacial score (nSPS) is 11.0. The van der Waals surface area contributed by atoms with E-state index in [9.17, 15) is 9.90 Å². The van der Waals surface area contributed by atoms with E-state index in [1.807, 2.05) is 18.2 Å². The second-order valence-electron chi connectivity index (χ2n) is 6.33. The minimum absolute atomic E-state index is 0.273. The van der Waals surface area contributed by atoms with Crippen molar-refractivity contribution in [2.45, 2.75) is 52.4 Å². The Morgan fingerprint density at radius 3 is 2.44 bits per heavy atom. The predicted octanol–water partition coefficient (Wildman–Crippen LogP) is 4.38. The fraction of sp³-hybridized carbons (Fsp3) is 0.550. The Morgan fingerprint density at radius 1 is 1.00 bits per heavy atom. The van der Waals surface area contributed by atoms with Gasteiger partial charge in [-0.15, -0.1) is 0 Å². The zero-order chi connectivity index (χ0) is 18.2. The number of nitrogens with zero attached hydrogens (tertiary/aromatic N) is 1. The molecular formula is C20H29NO4. The molecule has 0 fully saturated rings. The van der Waals surface area contributed by atoms with Gasteiger partial charge in [0, 0.05) is 18.5 Å². The average molecular weight is 347 g/mol. The smallest absolute Gasteiger partial charge is 0.296 e. The van der Waals surface area contributed by atoms with Crippen molar-refractivity contribution in [1.82, 2.24) is 4.57 Å². The molecule has 0 radical (unpaired) electrons. The first-order valence-electron chi connectivity index (χ1n) is 9.21. The molecule has 0 aliphatic carbocycles. The molecule has 5 heteroatoms. The molecule has 0 amide bonds. The van der Waals surface area contributed by atoms with Gasteiger partial charge in [-0.05, 0) is 25.0 Å². The van der Waals surface area contributed by atoms with Gasteiger partial charge in [0.1, 0.15) is 5.75 Å². The molecule has 0 saturated carbocycles. The maximum atomic E-state index is 12.3. The van der Waals surface area contributed by atoms with Crippen molar-refractivity contribution in [2.24, 2.45) is 7.05 Å². The zero-order valence-corrected chi connectivity index (χ0v) is 15.5. The average Bonchev–Trinajstić information content (AvgIpc) is 2.62. The molecule has 1 aromatic heterocycles. The highest BCUT2D eigenvalue weighted by atomic mass is 16.5. The van der Waals surface area contributed by atoms with Crippen LogP contribution < -0.4 is 15.0 Å².